The molecule has 78 valence electrons. The van der Waals surface area contributed by atoms with Crippen LogP contribution in [0.5, 0.6) is 5.88 Å². The van der Waals surface area contributed by atoms with E-state index in [1.807, 2.05) is 26.2 Å². The lowest BCUT2D eigenvalue weighted by Gasteiger charge is -2.11. The Balaban J connectivity index is 2.36. The van der Waals surface area contributed by atoms with E-state index in [1.165, 1.54) is 0 Å². The van der Waals surface area contributed by atoms with Crippen LogP contribution in [-0.2, 0) is 0 Å². The summed E-state index contributed by atoms with van der Waals surface area (Å²) in [4.78, 5) is 6.23. The lowest BCUT2D eigenvalue weighted by atomic mass is 10.4. The Labute approximate surface area is 84.9 Å². The van der Waals surface area contributed by atoms with Gasteiger partial charge in [0.15, 0.2) is 0 Å². The van der Waals surface area contributed by atoms with Gasteiger partial charge in [0.1, 0.15) is 0 Å². The first kappa shape index (κ1) is 10.8. The Hall–Kier alpha value is -1.29. The summed E-state index contributed by atoms with van der Waals surface area (Å²) >= 11 is 0. The van der Waals surface area contributed by atoms with Crippen molar-refractivity contribution in [2.75, 3.05) is 39.6 Å². The molecule has 0 saturated carbocycles. The zero-order valence-corrected chi connectivity index (χ0v) is 8.95. The summed E-state index contributed by atoms with van der Waals surface area (Å²) in [5.74, 6) is 0.642. The van der Waals surface area contributed by atoms with Crippen LogP contribution in [0.1, 0.15) is 0 Å². The number of pyridine rings is 1. The van der Waals surface area contributed by atoms with Crippen molar-refractivity contribution in [2.45, 2.75) is 0 Å². The molecule has 1 rings (SSSR count). The van der Waals surface area contributed by atoms with E-state index in [9.17, 15) is 0 Å². The number of hydrogen-bond acceptors (Lipinski definition) is 4. The van der Waals surface area contributed by atoms with E-state index in [1.54, 1.807) is 13.3 Å². The van der Waals surface area contributed by atoms with Crippen LogP contribution >= 0.6 is 0 Å². The van der Waals surface area contributed by atoms with Crippen LogP contribution in [0, 0.1) is 0 Å². The molecule has 0 radical (unpaired) electrons. The van der Waals surface area contributed by atoms with Crippen LogP contribution in [-0.4, -0.2) is 44.2 Å². The van der Waals surface area contributed by atoms with Crippen molar-refractivity contribution >= 4 is 5.69 Å². The third-order valence-corrected chi connectivity index (χ3v) is 1.83. The number of aromatic nitrogens is 1. The molecule has 0 saturated heterocycles. The molecule has 0 fully saturated rings. The van der Waals surface area contributed by atoms with Gasteiger partial charge in [-0.2, -0.15) is 0 Å². The smallest absolute Gasteiger partial charge is 0.213 e. The van der Waals surface area contributed by atoms with Crippen molar-refractivity contribution in [1.82, 2.24) is 9.88 Å². The van der Waals surface area contributed by atoms with Crippen LogP contribution in [0.3, 0.4) is 0 Å². The fourth-order valence-electron chi connectivity index (χ4n) is 1.03. The molecule has 4 heteroatoms. The SMILES string of the molecule is COc1ccc(NCCN(C)C)cn1. The molecular formula is C10H17N3O. The largest absolute Gasteiger partial charge is 0.481 e. The number of hydrogen-bond donors (Lipinski definition) is 1. The number of rotatable bonds is 5. The highest BCUT2D eigenvalue weighted by Crippen LogP contribution is 2.10. The Morgan fingerprint density at radius 3 is 2.71 bits per heavy atom. The maximum absolute atomic E-state index is 4.96. The van der Waals surface area contributed by atoms with E-state index in [4.69, 9.17) is 4.74 Å². The minimum atomic E-state index is 0.642. The second-order valence-electron chi connectivity index (χ2n) is 3.32. The third-order valence-electron chi connectivity index (χ3n) is 1.83. The average molecular weight is 195 g/mol. The number of likely N-dealkylation sites (N-methyl/N-ethyl adjacent to an activating group) is 1. The predicted octanol–water partition coefficient (Wildman–Crippen LogP) is 1.06. The maximum Gasteiger partial charge on any atom is 0.213 e. The first-order chi connectivity index (χ1) is 6.72. The third kappa shape index (κ3) is 3.62. The van der Waals surface area contributed by atoms with Gasteiger partial charge in [0.05, 0.1) is 19.0 Å². The number of nitrogens with zero attached hydrogens (tertiary/aromatic N) is 2. The van der Waals surface area contributed by atoms with Gasteiger partial charge in [-0.3, -0.25) is 0 Å². The molecule has 0 amide bonds. The lowest BCUT2D eigenvalue weighted by molar-refractivity contribution is 0.398. The standard InChI is InChI=1S/C10H17N3O/c1-13(2)7-6-11-9-4-5-10(14-3)12-8-9/h4-5,8,11H,6-7H2,1-3H3. The molecule has 0 spiro atoms. The fraction of sp³-hybridized carbons (Fsp3) is 0.500. The van der Waals surface area contributed by atoms with Gasteiger partial charge in [-0.25, -0.2) is 4.98 Å². The first-order valence-corrected chi connectivity index (χ1v) is 4.61. The Morgan fingerprint density at radius 1 is 1.43 bits per heavy atom. The molecule has 1 N–H and O–H groups in total. The van der Waals surface area contributed by atoms with Gasteiger partial charge in [-0.05, 0) is 20.2 Å². The van der Waals surface area contributed by atoms with E-state index in [2.05, 4.69) is 15.2 Å². The van der Waals surface area contributed by atoms with Gasteiger partial charge in [-0.15, -0.1) is 0 Å². The van der Waals surface area contributed by atoms with Crippen LogP contribution in [0.4, 0.5) is 5.69 Å². The zero-order chi connectivity index (χ0) is 10.4. The topological polar surface area (TPSA) is 37.4 Å². The van der Waals surface area contributed by atoms with Crippen molar-refractivity contribution in [2.24, 2.45) is 0 Å². The minimum Gasteiger partial charge on any atom is -0.481 e. The monoisotopic (exact) mass is 195 g/mol. The quantitative estimate of drug-likeness (QED) is 0.762. The van der Waals surface area contributed by atoms with Gasteiger partial charge in [0.25, 0.3) is 0 Å². The molecule has 0 aliphatic rings. The number of nitrogens with one attached hydrogen (secondary N) is 1. The molecule has 4 nitrogen and oxygen atoms in total. The van der Waals surface area contributed by atoms with Gasteiger partial charge in [0, 0.05) is 19.2 Å². The molecule has 0 aliphatic carbocycles. The molecule has 1 aromatic rings. The Morgan fingerprint density at radius 2 is 2.21 bits per heavy atom. The van der Waals surface area contributed by atoms with Crippen LogP contribution < -0.4 is 10.1 Å². The van der Waals surface area contributed by atoms with Crippen molar-refractivity contribution in [3.8, 4) is 5.88 Å². The number of methoxy groups -OCH3 is 1. The summed E-state index contributed by atoms with van der Waals surface area (Å²) in [5, 5.41) is 3.27. The number of anilines is 1. The van der Waals surface area contributed by atoms with Crippen LogP contribution in [0.25, 0.3) is 0 Å². The summed E-state index contributed by atoms with van der Waals surface area (Å²) < 4.78 is 4.96. The highest BCUT2D eigenvalue weighted by Gasteiger charge is 1.94. The normalized spacial score (nSPS) is 10.3. The zero-order valence-electron chi connectivity index (χ0n) is 8.95. The Bertz CT molecular complexity index is 259. The van der Waals surface area contributed by atoms with Gasteiger partial charge in [-0.1, -0.05) is 0 Å². The lowest BCUT2D eigenvalue weighted by Crippen LogP contribution is -2.20. The van der Waals surface area contributed by atoms with E-state index in [0.717, 1.165) is 18.8 Å². The maximum atomic E-state index is 4.96. The average Bonchev–Trinajstić information content (AvgIpc) is 2.18. The fourth-order valence-corrected chi connectivity index (χ4v) is 1.03. The summed E-state index contributed by atoms with van der Waals surface area (Å²) in [7, 11) is 5.71. The molecule has 0 aliphatic heterocycles. The molecule has 1 heterocycles. The summed E-state index contributed by atoms with van der Waals surface area (Å²) in [6.45, 7) is 1.92. The Kier molecular flexibility index (Phi) is 4.19. The van der Waals surface area contributed by atoms with Crippen LogP contribution in [0.15, 0.2) is 18.3 Å². The summed E-state index contributed by atoms with van der Waals surface area (Å²) in [6, 6.07) is 3.81. The van der Waals surface area contributed by atoms with E-state index < -0.39 is 0 Å². The number of ether oxygens (including phenoxy) is 1. The van der Waals surface area contributed by atoms with E-state index in [0.29, 0.717) is 5.88 Å². The molecule has 0 atom stereocenters. The highest BCUT2D eigenvalue weighted by molar-refractivity contribution is 5.41. The van der Waals surface area contributed by atoms with Crippen LogP contribution in [0.2, 0.25) is 0 Å². The second-order valence-corrected chi connectivity index (χ2v) is 3.32. The molecule has 1 aromatic heterocycles. The highest BCUT2D eigenvalue weighted by atomic mass is 16.5. The first-order valence-electron chi connectivity index (χ1n) is 4.61. The van der Waals surface area contributed by atoms with Crippen molar-refractivity contribution < 1.29 is 4.74 Å². The molecule has 0 bridgehead atoms. The van der Waals surface area contributed by atoms with Crippen molar-refractivity contribution in [1.29, 1.82) is 0 Å². The summed E-state index contributed by atoms with van der Waals surface area (Å²) in [6.07, 6.45) is 1.77. The van der Waals surface area contributed by atoms with Crippen molar-refractivity contribution in [3.63, 3.8) is 0 Å². The van der Waals surface area contributed by atoms with Gasteiger partial charge < -0.3 is 15.0 Å². The second kappa shape index (κ2) is 5.44. The predicted molar refractivity (Wildman–Crippen MR) is 57.8 cm³/mol. The van der Waals surface area contributed by atoms with Gasteiger partial charge in [0.2, 0.25) is 5.88 Å². The summed E-state index contributed by atoms with van der Waals surface area (Å²) in [5.41, 5.74) is 1.02. The molecule has 0 unspecified atom stereocenters. The molecule has 14 heavy (non-hydrogen) atoms. The molecular weight excluding hydrogens is 178 g/mol. The van der Waals surface area contributed by atoms with E-state index in [-0.39, 0.29) is 0 Å². The van der Waals surface area contributed by atoms with E-state index >= 15 is 0 Å². The van der Waals surface area contributed by atoms with Crippen molar-refractivity contribution in [3.05, 3.63) is 18.3 Å². The molecule has 0 aromatic carbocycles. The minimum absolute atomic E-state index is 0.642. The van der Waals surface area contributed by atoms with Gasteiger partial charge >= 0.3 is 0 Å².